The second-order valence-electron chi connectivity index (χ2n) is 11.4. The van der Waals surface area contributed by atoms with Crippen LogP contribution in [0, 0.1) is 11.8 Å². The molecular formula is C29H52N6O9. The van der Waals surface area contributed by atoms with Gasteiger partial charge in [0.25, 0.3) is 5.97 Å². The normalized spacial score (nSPS) is 19.4. The summed E-state index contributed by atoms with van der Waals surface area (Å²) in [6, 6.07) is -3.06. The molecule has 0 aliphatic heterocycles. The highest BCUT2D eigenvalue weighted by Gasteiger charge is 2.52. The number of aliphatic carboxylic acids is 1. The molecule has 0 saturated heterocycles. The maximum Gasteiger partial charge on any atom is 0.326 e. The summed E-state index contributed by atoms with van der Waals surface area (Å²) < 4.78 is 5.12. The Balaban J connectivity index is 0.00000433. The van der Waals surface area contributed by atoms with E-state index in [4.69, 9.17) is 31.8 Å². The van der Waals surface area contributed by atoms with Crippen molar-refractivity contribution in [2.24, 2.45) is 29.0 Å². The molecule has 1 aliphatic carbocycles. The largest absolute Gasteiger partial charge is 0.481 e. The minimum Gasteiger partial charge on any atom is -0.481 e. The number of nitrogens with two attached hydrogens (primary N) is 3. The van der Waals surface area contributed by atoms with Crippen molar-refractivity contribution in [1.29, 1.82) is 0 Å². The van der Waals surface area contributed by atoms with E-state index >= 15 is 0 Å². The van der Waals surface area contributed by atoms with Crippen LogP contribution in [0.1, 0.15) is 92.4 Å². The molecule has 0 aromatic heterocycles. The van der Waals surface area contributed by atoms with Crippen LogP contribution in [0.15, 0.2) is 0 Å². The first-order valence-corrected chi connectivity index (χ1v) is 15.1. The average Bonchev–Trinajstić information content (AvgIpc) is 3.31. The molecule has 1 aliphatic rings. The van der Waals surface area contributed by atoms with Crippen LogP contribution in [0.5, 0.6) is 0 Å². The maximum atomic E-state index is 13.7. The van der Waals surface area contributed by atoms with Crippen molar-refractivity contribution in [2.45, 2.75) is 116 Å². The number of rotatable bonds is 18. The molecule has 4 amide bonds. The lowest BCUT2D eigenvalue weighted by Crippen LogP contribution is -2.59. The third-order valence-electron chi connectivity index (χ3n) is 7.02. The second-order valence-corrected chi connectivity index (χ2v) is 11.4. The van der Waals surface area contributed by atoms with Crippen molar-refractivity contribution in [3.63, 3.8) is 0 Å². The number of amides is 4. The summed E-state index contributed by atoms with van der Waals surface area (Å²) in [4.78, 5) is 85.1. The summed E-state index contributed by atoms with van der Waals surface area (Å²) >= 11 is 0. The number of carboxylic acid groups (broad SMARTS) is 1. The Hall–Kier alpha value is -3.59. The van der Waals surface area contributed by atoms with Gasteiger partial charge in [-0.1, -0.05) is 20.3 Å². The van der Waals surface area contributed by atoms with E-state index in [-0.39, 0.29) is 44.1 Å². The van der Waals surface area contributed by atoms with Gasteiger partial charge < -0.3 is 43.0 Å². The lowest BCUT2D eigenvalue weighted by atomic mass is 9.81. The van der Waals surface area contributed by atoms with Gasteiger partial charge in [0, 0.05) is 26.2 Å². The first-order valence-electron chi connectivity index (χ1n) is 15.1. The van der Waals surface area contributed by atoms with Gasteiger partial charge in [-0.3, -0.25) is 33.6 Å². The molecule has 15 heteroatoms. The summed E-state index contributed by atoms with van der Waals surface area (Å²) in [5.74, 6) is -5.08. The number of unbranched alkanes of at least 4 members (excludes halogenated alkanes) is 1. The lowest BCUT2D eigenvalue weighted by Gasteiger charge is -2.31. The average molecular weight is 629 g/mol. The highest BCUT2D eigenvalue weighted by Crippen LogP contribution is 2.36. The third kappa shape index (κ3) is 14.7. The Labute approximate surface area is 259 Å². The molecule has 252 valence electrons. The summed E-state index contributed by atoms with van der Waals surface area (Å²) in [7, 11) is 0. The van der Waals surface area contributed by atoms with Gasteiger partial charge in [0.2, 0.25) is 23.6 Å². The van der Waals surface area contributed by atoms with Gasteiger partial charge in [-0.05, 0) is 64.3 Å². The number of carboxylic acids is 1. The van der Waals surface area contributed by atoms with E-state index in [1.165, 1.54) is 6.92 Å². The standard InChI is InChI=1S/C27H48N6O7.C2H4O2/c1-5-40-26(39)27(30)13-8-9-18(27)23(36)19(11-12-22(29)35)32-24(37)20(10-6-7-14-28)33-25(38)21(15-16(2)3)31-17(4)34;1-2(3)4/h16,18-21H,5-15,28,30H2,1-4H3,(H2,29,35)(H,31,34)(H,32,37)(H,33,38);1H3,(H,3,4)/t18?,19-,20-,21-,27?;/m0./s1. The number of ketones is 1. The summed E-state index contributed by atoms with van der Waals surface area (Å²) in [5, 5.41) is 15.4. The van der Waals surface area contributed by atoms with E-state index in [9.17, 15) is 28.8 Å². The number of carbonyl (C=O) groups is 7. The Bertz CT molecular complexity index is 1000. The lowest BCUT2D eigenvalue weighted by molar-refractivity contribution is -0.153. The third-order valence-corrected chi connectivity index (χ3v) is 7.02. The van der Waals surface area contributed by atoms with E-state index in [0.717, 1.165) is 6.92 Å². The molecule has 0 radical (unpaired) electrons. The molecule has 5 atom stereocenters. The Kier molecular flexibility index (Phi) is 18.7. The number of hydrogen-bond donors (Lipinski definition) is 7. The topological polar surface area (TPSA) is 263 Å². The summed E-state index contributed by atoms with van der Waals surface area (Å²) in [6.45, 7) is 8.31. The zero-order valence-electron chi connectivity index (χ0n) is 26.6. The Morgan fingerprint density at radius 3 is 2.00 bits per heavy atom. The number of Topliss-reactive ketones (excluding diaryl/α,β-unsaturated/α-hetero) is 1. The van der Waals surface area contributed by atoms with Crippen LogP contribution >= 0.6 is 0 Å². The van der Waals surface area contributed by atoms with Crippen LogP contribution < -0.4 is 33.2 Å². The number of carbonyl (C=O) groups excluding carboxylic acids is 6. The molecule has 1 fully saturated rings. The molecule has 0 spiro atoms. The zero-order chi connectivity index (χ0) is 34.0. The number of ether oxygens (including phenoxy) is 1. The van der Waals surface area contributed by atoms with Crippen LogP contribution in [0.25, 0.3) is 0 Å². The summed E-state index contributed by atoms with van der Waals surface area (Å²) in [6.07, 6.45) is 2.50. The van der Waals surface area contributed by atoms with E-state index in [1.807, 2.05) is 13.8 Å². The zero-order valence-corrected chi connectivity index (χ0v) is 26.6. The molecule has 2 unspecified atom stereocenters. The van der Waals surface area contributed by atoms with E-state index in [0.29, 0.717) is 38.6 Å². The smallest absolute Gasteiger partial charge is 0.326 e. The number of nitrogens with one attached hydrogen (secondary N) is 3. The first kappa shape index (κ1) is 40.4. The summed E-state index contributed by atoms with van der Waals surface area (Å²) in [5.41, 5.74) is 15.8. The van der Waals surface area contributed by atoms with Gasteiger partial charge >= 0.3 is 5.97 Å². The van der Waals surface area contributed by atoms with Gasteiger partial charge in [0.1, 0.15) is 17.6 Å². The molecule has 10 N–H and O–H groups in total. The molecule has 44 heavy (non-hydrogen) atoms. The maximum absolute atomic E-state index is 13.7. The van der Waals surface area contributed by atoms with E-state index < -0.39 is 65.0 Å². The number of primary amides is 1. The molecule has 0 aromatic carbocycles. The molecule has 0 heterocycles. The van der Waals surface area contributed by atoms with Gasteiger partial charge in [-0.2, -0.15) is 0 Å². The molecule has 1 saturated carbocycles. The van der Waals surface area contributed by atoms with Crippen molar-refractivity contribution in [1.82, 2.24) is 16.0 Å². The highest BCUT2D eigenvalue weighted by molar-refractivity contribution is 5.98. The van der Waals surface area contributed by atoms with Gasteiger partial charge in [0.15, 0.2) is 5.78 Å². The van der Waals surface area contributed by atoms with E-state index in [2.05, 4.69) is 16.0 Å². The fourth-order valence-corrected chi connectivity index (χ4v) is 5.01. The minimum absolute atomic E-state index is 0.0882. The molecule has 0 bridgehead atoms. The van der Waals surface area contributed by atoms with Crippen molar-refractivity contribution in [2.75, 3.05) is 13.2 Å². The first-order chi connectivity index (χ1) is 20.5. The second kappa shape index (κ2) is 20.4. The highest BCUT2D eigenvalue weighted by atomic mass is 16.5. The fraction of sp³-hybridized carbons (Fsp3) is 0.759. The molecule has 1 rings (SSSR count). The van der Waals surface area contributed by atoms with Crippen LogP contribution in [0.2, 0.25) is 0 Å². The molecule has 0 aromatic rings. The van der Waals surface area contributed by atoms with Crippen LogP contribution in [0.3, 0.4) is 0 Å². The van der Waals surface area contributed by atoms with Crippen molar-refractivity contribution >= 4 is 41.4 Å². The van der Waals surface area contributed by atoms with Gasteiger partial charge in [0.05, 0.1) is 12.6 Å². The molecular weight excluding hydrogens is 576 g/mol. The van der Waals surface area contributed by atoms with Gasteiger partial charge in [-0.25, -0.2) is 0 Å². The predicted molar refractivity (Wildman–Crippen MR) is 161 cm³/mol. The van der Waals surface area contributed by atoms with Gasteiger partial charge in [-0.15, -0.1) is 0 Å². The quantitative estimate of drug-likeness (QED) is 0.0760. The SMILES string of the molecule is CC(=O)O.CCOC(=O)C1(N)CCCC1C(=O)[C@H](CCC(N)=O)NC(=O)[C@H](CCCCN)NC(=O)[C@H](CC(C)C)NC(C)=O. The van der Waals surface area contributed by atoms with E-state index in [1.54, 1.807) is 6.92 Å². The van der Waals surface area contributed by atoms with Crippen LogP contribution in [-0.4, -0.2) is 83.3 Å². The fourth-order valence-electron chi connectivity index (χ4n) is 5.01. The number of esters is 1. The monoisotopic (exact) mass is 628 g/mol. The Morgan fingerprint density at radius 2 is 1.50 bits per heavy atom. The number of hydrogen-bond acceptors (Lipinski definition) is 10. The predicted octanol–water partition coefficient (Wildman–Crippen LogP) is -0.378. The van der Waals surface area contributed by atoms with Crippen LogP contribution in [0.4, 0.5) is 0 Å². The molecule has 15 nitrogen and oxygen atoms in total. The van der Waals surface area contributed by atoms with Crippen molar-refractivity contribution < 1.29 is 43.4 Å². The van der Waals surface area contributed by atoms with Crippen molar-refractivity contribution in [3.05, 3.63) is 0 Å². The minimum atomic E-state index is -1.54. The van der Waals surface area contributed by atoms with Crippen molar-refractivity contribution in [3.8, 4) is 0 Å². The van der Waals surface area contributed by atoms with Crippen LogP contribution in [-0.2, 0) is 38.3 Å². The Morgan fingerprint density at radius 1 is 0.932 bits per heavy atom.